The summed E-state index contributed by atoms with van der Waals surface area (Å²) in [5.74, 6) is -0.978. The van der Waals surface area contributed by atoms with Crippen LogP contribution >= 0.6 is 0 Å². The zero-order valence-electron chi connectivity index (χ0n) is 35.1. The molecule has 1 atom stereocenters. The third-order valence-corrected chi connectivity index (χ3v) is 9.79. The Balaban J connectivity index is -0.000000870. The Morgan fingerprint density at radius 1 is 0.472 bits per heavy atom. The quantitative estimate of drug-likeness (QED) is 0.0265. The van der Waals surface area contributed by atoms with E-state index in [-0.39, 0.29) is 19.2 Å². The molecule has 53 heavy (non-hydrogen) atoms. The molecule has 0 bridgehead atoms. The lowest BCUT2D eigenvalue weighted by Crippen LogP contribution is -2.39. The largest absolute Gasteiger partial charge is 0.481 e. The van der Waals surface area contributed by atoms with E-state index < -0.39 is 37.3 Å². The van der Waals surface area contributed by atoms with Gasteiger partial charge in [-0.3, -0.25) is 9.59 Å². The maximum Gasteiger partial charge on any atom is 0.305 e. The fourth-order valence-corrected chi connectivity index (χ4v) is 5.88. The second-order valence-electron chi connectivity index (χ2n) is 15.5. The smallest absolute Gasteiger partial charge is 0.305 e. The molecule has 0 saturated heterocycles. The fourth-order valence-electron chi connectivity index (χ4n) is 5.88. The van der Waals surface area contributed by atoms with Gasteiger partial charge in [0.2, 0.25) is 0 Å². The number of carboxylic acids is 1. The van der Waals surface area contributed by atoms with Crippen molar-refractivity contribution in [1.29, 1.82) is 0 Å². The van der Waals surface area contributed by atoms with Crippen LogP contribution in [0.5, 0.6) is 0 Å². The summed E-state index contributed by atoms with van der Waals surface area (Å²) in [6, 6.07) is 0. The number of aliphatic carboxylic acids is 1. The van der Waals surface area contributed by atoms with Gasteiger partial charge in [0.15, 0.2) is 0 Å². The van der Waals surface area contributed by atoms with Crippen LogP contribution in [0.25, 0.3) is 0 Å². The third-order valence-electron chi connectivity index (χ3n) is 9.79. The Morgan fingerprint density at radius 3 is 0.943 bits per heavy atom. The molecule has 0 aromatic carbocycles. The van der Waals surface area contributed by atoms with Crippen molar-refractivity contribution in [1.82, 2.24) is 0 Å². The van der Waals surface area contributed by atoms with Crippen molar-refractivity contribution in [2.45, 2.75) is 232 Å². The van der Waals surface area contributed by atoms with Crippen LogP contribution in [0.3, 0.4) is 0 Å². The number of carbonyl (C=O) groups is 2. The van der Waals surface area contributed by atoms with E-state index in [1.807, 2.05) is 0 Å². The first kappa shape index (κ1) is 56.1. The predicted octanol–water partition coefficient (Wildman–Crippen LogP) is 10.4. The van der Waals surface area contributed by atoms with Crippen molar-refractivity contribution in [3.63, 3.8) is 0 Å². The minimum absolute atomic E-state index is 0.139. The average Bonchev–Trinajstić information content (AvgIpc) is 3.16. The van der Waals surface area contributed by atoms with Crippen molar-refractivity contribution in [3.8, 4) is 0 Å². The highest BCUT2D eigenvalue weighted by molar-refractivity contribution is 5.69. The molecular formula is C44H90O9. The molecule has 0 aromatic rings. The summed E-state index contributed by atoms with van der Waals surface area (Å²) in [4.78, 5) is 22.0. The number of ether oxygens (including phenoxy) is 1. The van der Waals surface area contributed by atoms with Crippen LogP contribution in [0.4, 0.5) is 0 Å². The van der Waals surface area contributed by atoms with Gasteiger partial charge in [0, 0.05) is 12.8 Å². The Morgan fingerprint density at radius 2 is 0.717 bits per heavy atom. The van der Waals surface area contributed by atoms with Gasteiger partial charge >= 0.3 is 11.9 Å². The van der Waals surface area contributed by atoms with E-state index in [1.165, 1.54) is 167 Å². The van der Waals surface area contributed by atoms with E-state index in [0.717, 1.165) is 32.1 Å². The molecule has 0 amide bonds. The van der Waals surface area contributed by atoms with Gasteiger partial charge in [-0.25, -0.2) is 0 Å². The van der Waals surface area contributed by atoms with Gasteiger partial charge in [0.1, 0.15) is 6.61 Å². The molecule has 0 saturated carbocycles. The van der Waals surface area contributed by atoms with Crippen molar-refractivity contribution in [2.75, 3.05) is 33.0 Å². The summed E-state index contributed by atoms with van der Waals surface area (Å²) in [6.07, 6.45) is 39.3. The molecule has 1 unspecified atom stereocenters. The highest BCUT2D eigenvalue weighted by Gasteiger charge is 2.30. The van der Waals surface area contributed by atoms with E-state index in [0.29, 0.717) is 12.8 Å². The molecular weight excluding hydrogens is 672 g/mol. The molecule has 9 nitrogen and oxygen atoms in total. The third kappa shape index (κ3) is 48.7. The number of carboxylic acid groups (broad SMARTS) is 1. The molecule has 320 valence electrons. The van der Waals surface area contributed by atoms with Crippen LogP contribution < -0.4 is 0 Å². The SMILES string of the molecule is CC(O)CO.CCCCCCCCCCCCCCCCCC(=O)O.CCCCCCCCCCCCCCCCCC(=O)OCC(CO)(CO)CO. The predicted molar refractivity (Wildman–Crippen MR) is 220 cm³/mol. The number of hydrogen-bond donors (Lipinski definition) is 6. The highest BCUT2D eigenvalue weighted by atomic mass is 16.5. The minimum atomic E-state index is -1.13. The normalized spacial score (nSPS) is 11.7. The van der Waals surface area contributed by atoms with Crippen LogP contribution in [-0.2, 0) is 14.3 Å². The summed E-state index contributed by atoms with van der Waals surface area (Å²) in [5, 5.41) is 52.1. The molecule has 0 heterocycles. The van der Waals surface area contributed by atoms with Crippen molar-refractivity contribution < 1.29 is 45.0 Å². The number of unbranched alkanes of at least 4 members (excludes halogenated alkanes) is 28. The number of rotatable bonds is 38. The van der Waals surface area contributed by atoms with Crippen LogP contribution in [-0.4, -0.2) is 81.7 Å². The minimum Gasteiger partial charge on any atom is -0.481 e. The van der Waals surface area contributed by atoms with Gasteiger partial charge < -0.3 is 35.4 Å². The molecule has 9 heteroatoms. The van der Waals surface area contributed by atoms with E-state index >= 15 is 0 Å². The first-order valence-electron chi connectivity index (χ1n) is 22.2. The Hall–Kier alpha value is -1.26. The zero-order chi connectivity index (χ0) is 40.1. The summed E-state index contributed by atoms with van der Waals surface area (Å²) in [5.41, 5.74) is -1.13. The molecule has 0 radical (unpaired) electrons. The van der Waals surface area contributed by atoms with Crippen molar-refractivity contribution in [3.05, 3.63) is 0 Å². The molecule has 0 aliphatic carbocycles. The average molecular weight is 763 g/mol. The summed E-state index contributed by atoms with van der Waals surface area (Å²) in [7, 11) is 0. The Kier molecular flexibility index (Phi) is 49.6. The molecule has 0 aliphatic heterocycles. The maximum absolute atomic E-state index is 11.7. The number of esters is 1. The van der Waals surface area contributed by atoms with Crippen molar-refractivity contribution >= 4 is 11.9 Å². The summed E-state index contributed by atoms with van der Waals surface area (Å²) < 4.78 is 5.08. The van der Waals surface area contributed by atoms with Gasteiger partial charge in [-0.15, -0.1) is 0 Å². The van der Waals surface area contributed by atoms with Crippen LogP contribution in [0.15, 0.2) is 0 Å². The number of aliphatic hydroxyl groups is 5. The van der Waals surface area contributed by atoms with Gasteiger partial charge in [-0.2, -0.15) is 0 Å². The number of hydrogen-bond acceptors (Lipinski definition) is 8. The maximum atomic E-state index is 11.7. The van der Waals surface area contributed by atoms with E-state index in [2.05, 4.69) is 13.8 Å². The first-order chi connectivity index (χ1) is 25.7. The van der Waals surface area contributed by atoms with Gasteiger partial charge in [0.05, 0.1) is 37.9 Å². The Labute approximate surface area is 327 Å². The summed E-state index contributed by atoms with van der Waals surface area (Å²) >= 11 is 0. The molecule has 0 spiro atoms. The van der Waals surface area contributed by atoms with Gasteiger partial charge in [0.25, 0.3) is 0 Å². The lowest BCUT2D eigenvalue weighted by atomic mass is 9.93. The molecule has 0 rings (SSSR count). The molecule has 0 aromatic heterocycles. The van der Waals surface area contributed by atoms with Crippen molar-refractivity contribution in [2.24, 2.45) is 5.41 Å². The zero-order valence-corrected chi connectivity index (χ0v) is 35.1. The molecule has 0 aliphatic rings. The lowest BCUT2D eigenvalue weighted by Gasteiger charge is -2.26. The molecule has 0 fully saturated rings. The fraction of sp³-hybridized carbons (Fsp3) is 0.955. The van der Waals surface area contributed by atoms with Crippen LogP contribution in [0.1, 0.15) is 226 Å². The number of aliphatic hydroxyl groups excluding tert-OH is 5. The monoisotopic (exact) mass is 763 g/mol. The first-order valence-corrected chi connectivity index (χ1v) is 22.2. The van der Waals surface area contributed by atoms with E-state index in [4.69, 9.17) is 20.1 Å². The number of carbonyl (C=O) groups excluding carboxylic acids is 1. The summed E-state index contributed by atoms with van der Waals surface area (Å²) in [6.45, 7) is 4.54. The van der Waals surface area contributed by atoms with E-state index in [9.17, 15) is 24.9 Å². The van der Waals surface area contributed by atoms with E-state index in [1.54, 1.807) is 0 Å². The second kappa shape index (κ2) is 46.9. The second-order valence-corrected chi connectivity index (χ2v) is 15.5. The Bertz CT molecular complexity index is 705. The topological polar surface area (TPSA) is 165 Å². The standard InChI is InChI=1S/C23H46O5.C18H36O2.C3H8O2/c1-2-3-4-5-6-7-8-9-10-11-12-13-14-15-16-17-22(27)28-21-23(18-24,19-25)20-26;1-2-3-4-5-6-7-8-9-10-11-12-13-14-15-16-17-18(19)20;1-3(5)2-4/h24-26H,2-21H2,1H3;2-17H2,1H3,(H,19,20);3-5H,2H2,1H3. The van der Waals surface area contributed by atoms with Crippen LogP contribution in [0, 0.1) is 5.41 Å². The van der Waals surface area contributed by atoms with Gasteiger partial charge in [-0.05, 0) is 19.8 Å². The van der Waals surface area contributed by atoms with Crippen LogP contribution in [0.2, 0.25) is 0 Å². The highest BCUT2D eigenvalue weighted by Crippen LogP contribution is 2.17. The lowest BCUT2D eigenvalue weighted by molar-refractivity contribution is -0.151. The molecule has 6 N–H and O–H groups in total. The van der Waals surface area contributed by atoms with Gasteiger partial charge in [-0.1, -0.05) is 194 Å².